The highest BCUT2D eigenvalue weighted by Crippen LogP contribution is 2.17. The first-order valence-corrected chi connectivity index (χ1v) is 11.6. The van der Waals surface area contributed by atoms with E-state index in [0.29, 0.717) is 12.0 Å². The predicted octanol–water partition coefficient (Wildman–Crippen LogP) is 4.12. The van der Waals surface area contributed by atoms with E-state index in [1.807, 2.05) is 80.8 Å². The number of ether oxygens (including phenoxy) is 1. The first-order chi connectivity index (χ1) is 14.9. The molecule has 166 valence electrons. The maximum absolute atomic E-state index is 13.0. The molecule has 2 aromatic rings. The number of Topliss-reactive ketones (excluding diaryl/α,β-unsaturated/α-hetero) is 1. The Kier molecular flexibility index (Phi) is 10.1. The van der Waals surface area contributed by atoms with Crippen LogP contribution in [0.1, 0.15) is 37.4 Å². The van der Waals surface area contributed by atoms with Crippen LogP contribution >= 0.6 is 11.8 Å². The molecule has 7 heteroatoms. The fourth-order valence-electron chi connectivity index (χ4n) is 3.07. The molecule has 0 heterocycles. The molecule has 0 aliphatic rings. The highest BCUT2D eigenvalue weighted by atomic mass is 32.2. The van der Waals surface area contributed by atoms with E-state index >= 15 is 0 Å². The molecule has 0 aromatic heterocycles. The Bertz CT molecular complexity index is 843. The number of ketones is 1. The van der Waals surface area contributed by atoms with Crippen molar-refractivity contribution >= 4 is 29.5 Å². The highest BCUT2D eigenvalue weighted by Gasteiger charge is 2.28. The third-order valence-electron chi connectivity index (χ3n) is 4.56. The van der Waals surface area contributed by atoms with Crippen molar-refractivity contribution < 1.29 is 19.1 Å². The summed E-state index contributed by atoms with van der Waals surface area (Å²) in [5.41, 5.74) is 1.57. The molecular formula is C24H30N2O4S. The van der Waals surface area contributed by atoms with E-state index in [1.165, 1.54) is 11.8 Å². The van der Waals surface area contributed by atoms with Crippen LogP contribution in [0, 0.1) is 5.92 Å². The molecule has 31 heavy (non-hydrogen) atoms. The number of rotatable bonds is 11. The van der Waals surface area contributed by atoms with Gasteiger partial charge in [-0.05, 0) is 29.7 Å². The van der Waals surface area contributed by atoms with Gasteiger partial charge in [-0.3, -0.25) is 9.59 Å². The Morgan fingerprint density at radius 2 is 1.55 bits per heavy atom. The highest BCUT2D eigenvalue weighted by molar-refractivity contribution is 7.99. The summed E-state index contributed by atoms with van der Waals surface area (Å²) in [4.78, 5) is 38.0. The van der Waals surface area contributed by atoms with Gasteiger partial charge in [-0.1, -0.05) is 74.5 Å². The summed E-state index contributed by atoms with van der Waals surface area (Å²) in [6.45, 7) is 4.04. The standard InChI is InChI=1S/C24H30N2O4S/c1-17(2)14-20(25-24(29)30-15-18-10-6-4-7-11-18)23(28)26-22(21(27)16-31-3)19-12-8-5-9-13-19/h4-13,17,20,22H,14-16H2,1-3H3,(H,25,29)(H,26,28)/t20?,22-/m0/s1. The zero-order chi connectivity index (χ0) is 22.6. The molecule has 2 N–H and O–H groups in total. The van der Waals surface area contributed by atoms with Crippen molar-refractivity contribution in [1.29, 1.82) is 0 Å². The van der Waals surface area contributed by atoms with Crippen LogP contribution in [-0.4, -0.2) is 35.8 Å². The molecule has 0 bridgehead atoms. The molecule has 2 rings (SSSR count). The predicted molar refractivity (Wildman–Crippen MR) is 124 cm³/mol. The van der Waals surface area contributed by atoms with E-state index in [0.717, 1.165) is 5.56 Å². The summed E-state index contributed by atoms with van der Waals surface area (Å²) < 4.78 is 5.27. The lowest BCUT2D eigenvalue weighted by Crippen LogP contribution is -2.49. The average molecular weight is 443 g/mol. The van der Waals surface area contributed by atoms with Crippen molar-refractivity contribution in [3.8, 4) is 0 Å². The molecule has 6 nitrogen and oxygen atoms in total. The van der Waals surface area contributed by atoms with Gasteiger partial charge in [0.1, 0.15) is 18.7 Å². The van der Waals surface area contributed by atoms with E-state index in [2.05, 4.69) is 10.6 Å². The molecular weight excluding hydrogens is 412 g/mol. The largest absolute Gasteiger partial charge is 0.445 e. The molecule has 1 unspecified atom stereocenters. The lowest BCUT2D eigenvalue weighted by Gasteiger charge is -2.24. The smallest absolute Gasteiger partial charge is 0.408 e. The maximum Gasteiger partial charge on any atom is 0.408 e. The number of carbonyl (C=O) groups is 3. The van der Waals surface area contributed by atoms with Crippen molar-refractivity contribution in [3.05, 3.63) is 71.8 Å². The quantitative estimate of drug-likeness (QED) is 0.547. The van der Waals surface area contributed by atoms with Crippen LogP contribution in [0.25, 0.3) is 0 Å². The minimum absolute atomic E-state index is 0.0954. The third kappa shape index (κ3) is 8.45. The van der Waals surface area contributed by atoms with Gasteiger partial charge in [0.05, 0.1) is 5.75 Å². The molecule has 0 aliphatic heterocycles. The number of amides is 2. The van der Waals surface area contributed by atoms with Crippen LogP contribution in [-0.2, 0) is 20.9 Å². The number of hydrogen-bond donors (Lipinski definition) is 2. The minimum atomic E-state index is -0.809. The Morgan fingerprint density at radius 3 is 2.13 bits per heavy atom. The van der Waals surface area contributed by atoms with Gasteiger partial charge in [-0.25, -0.2) is 4.79 Å². The van der Waals surface area contributed by atoms with Crippen molar-refractivity contribution in [2.75, 3.05) is 12.0 Å². The van der Waals surface area contributed by atoms with Crippen LogP contribution in [0.3, 0.4) is 0 Å². The molecule has 2 atom stereocenters. The van der Waals surface area contributed by atoms with Gasteiger partial charge in [0.2, 0.25) is 5.91 Å². The molecule has 0 saturated heterocycles. The zero-order valence-electron chi connectivity index (χ0n) is 18.2. The van der Waals surface area contributed by atoms with E-state index in [-0.39, 0.29) is 24.1 Å². The molecule has 2 aromatic carbocycles. The van der Waals surface area contributed by atoms with Gasteiger partial charge in [0.25, 0.3) is 0 Å². The lowest BCUT2D eigenvalue weighted by atomic mass is 10.00. The van der Waals surface area contributed by atoms with Gasteiger partial charge >= 0.3 is 6.09 Å². The molecule has 0 fully saturated rings. The fraction of sp³-hybridized carbons (Fsp3) is 0.375. The normalized spacial score (nSPS) is 12.6. The fourth-order valence-corrected chi connectivity index (χ4v) is 3.52. The Labute approximate surface area is 188 Å². The van der Waals surface area contributed by atoms with E-state index in [1.54, 1.807) is 0 Å². The minimum Gasteiger partial charge on any atom is -0.445 e. The number of nitrogens with one attached hydrogen (secondary N) is 2. The Morgan fingerprint density at radius 1 is 0.935 bits per heavy atom. The van der Waals surface area contributed by atoms with Crippen molar-refractivity contribution in [2.24, 2.45) is 5.92 Å². The second-order valence-corrected chi connectivity index (χ2v) is 8.51. The van der Waals surface area contributed by atoms with Crippen LogP contribution in [0.4, 0.5) is 4.79 Å². The average Bonchev–Trinajstić information content (AvgIpc) is 2.76. The van der Waals surface area contributed by atoms with E-state index in [9.17, 15) is 14.4 Å². The second-order valence-electron chi connectivity index (χ2n) is 7.64. The Balaban J connectivity index is 2.07. The van der Waals surface area contributed by atoms with Crippen molar-refractivity contribution in [1.82, 2.24) is 10.6 Å². The molecule has 0 saturated carbocycles. The molecule has 0 radical (unpaired) electrons. The summed E-state index contributed by atoms with van der Waals surface area (Å²) in [5.74, 6) is -0.0701. The Hall–Kier alpha value is -2.80. The summed E-state index contributed by atoms with van der Waals surface area (Å²) in [7, 11) is 0. The molecule has 0 aliphatic carbocycles. The van der Waals surface area contributed by atoms with Gasteiger partial charge < -0.3 is 15.4 Å². The van der Waals surface area contributed by atoms with Gasteiger partial charge in [-0.2, -0.15) is 11.8 Å². The zero-order valence-corrected chi connectivity index (χ0v) is 19.0. The summed E-state index contributed by atoms with van der Waals surface area (Å²) >= 11 is 1.40. The van der Waals surface area contributed by atoms with E-state index in [4.69, 9.17) is 4.74 Å². The third-order valence-corrected chi connectivity index (χ3v) is 5.13. The number of hydrogen-bond acceptors (Lipinski definition) is 5. The summed E-state index contributed by atoms with van der Waals surface area (Å²) in [6.07, 6.45) is 1.59. The number of thioether (sulfide) groups is 1. The SMILES string of the molecule is CSCC(=O)[C@@H](NC(=O)C(CC(C)C)NC(=O)OCc1ccccc1)c1ccccc1. The van der Waals surface area contributed by atoms with Crippen molar-refractivity contribution in [2.45, 2.75) is 39.0 Å². The van der Waals surface area contributed by atoms with Crippen LogP contribution in [0.15, 0.2) is 60.7 Å². The lowest BCUT2D eigenvalue weighted by molar-refractivity contribution is -0.128. The van der Waals surface area contributed by atoms with Crippen LogP contribution < -0.4 is 10.6 Å². The maximum atomic E-state index is 13.0. The van der Waals surface area contributed by atoms with Crippen molar-refractivity contribution in [3.63, 3.8) is 0 Å². The van der Waals surface area contributed by atoms with Gasteiger partial charge in [-0.15, -0.1) is 0 Å². The monoisotopic (exact) mass is 442 g/mol. The summed E-state index contributed by atoms with van der Waals surface area (Å²) in [6, 6.07) is 16.9. The number of alkyl carbamates (subject to hydrolysis) is 1. The molecule has 0 spiro atoms. The van der Waals surface area contributed by atoms with Crippen LogP contribution in [0.2, 0.25) is 0 Å². The number of carbonyl (C=O) groups excluding carboxylic acids is 3. The van der Waals surface area contributed by atoms with Crippen LogP contribution in [0.5, 0.6) is 0 Å². The second kappa shape index (κ2) is 12.8. The van der Waals surface area contributed by atoms with Gasteiger partial charge in [0.15, 0.2) is 5.78 Å². The summed E-state index contributed by atoms with van der Waals surface area (Å²) in [5, 5.41) is 5.49. The van der Waals surface area contributed by atoms with E-state index < -0.39 is 24.1 Å². The first kappa shape index (κ1) is 24.5. The first-order valence-electron chi connectivity index (χ1n) is 10.2. The van der Waals surface area contributed by atoms with Gasteiger partial charge in [0, 0.05) is 0 Å². The number of benzene rings is 2. The topological polar surface area (TPSA) is 84.5 Å². The molecule has 2 amide bonds.